The van der Waals surface area contributed by atoms with Crippen molar-refractivity contribution in [3.63, 3.8) is 0 Å². The van der Waals surface area contributed by atoms with Gasteiger partial charge in [-0.2, -0.15) is 0 Å². The zero-order valence-electron chi connectivity index (χ0n) is 9.71. The first-order chi connectivity index (χ1) is 6.51. The summed E-state index contributed by atoms with van der Waals surface area (Å²) in [5.74, 6) is 0.348. The van der Waals surface area contributed by atoms with Crippen LogP contribution in [0.5, 0.6) is 0 Å². The molecular weight excluding hydrogens is 173 g/mol. The second kappa shape index (κ2) is 3.24. The summed E-state index contributed by atoms with van der Waals surface area (Å²) >= 11 is 0. The highest BCUT2D eigenvalue weighted by molar-refractivity contribution is 6.15. The normalized spacial score (nSPS) is 30.6. The van der Waals surface area contributed by atoms with Crippen LogP contribution in [0.1, 0.15) is 39.5 Å². The third kappa shape index (κ3) is 1.18. The van der Waals surface area contributed by atoms with Gasteiger partial charge < -0.3 is 5.11 Å². The standard InChI is InChI=1S/C11H22BNO/c1-9(2)11(12,14)10-5-3-7-13(10)8-4-6-10/h9,14H,3-8,12H2,1-2H3. The Morgan fingerprint density at radius 1 is 1.29 bits per heavy atom. The van der Waals surface area contributed by atoms with Crippen LogP contribution in [-0.2, 0) is 0 Å². The summed E-state index contributed by atoms with van der Waals surface area (Å²) in [5.41, 5.74) is -0.402. The third-order valence-corrected chi connectivity index (χ3v) is 4.71. The van der Waals surface area contributed by atoms with E-state index in [4.69, 9.17) is 0 Å². The van der Waals surface area contributed by atoms with Gasteiger partial charge in [0.1, 0.15) is 7.85 Å². The topological polar surface area (TPSA) is 23.5 Å². The van der Waals surface area contributed by atoms with E-state index in [0.29, 0.717) is 5.92 Å². The van der Waals surface area contributed by atoms with Crippen LogP contribution < -0.4 is 0 Å². The highest BCUT2D eigenvalue weighted by atomic mass is 16.3. The summed E-state index contributed by atoms with van der Waals surface area (Å²) < 4.78 is 0. The van der Waals surface area contributed by atoms with Gasteiger partial charge in [0.05, 0.1) is 5.50 Å². The average molecular weight is 195 g/mol. The van der Waals surface area contributed by atoms with Gasteiger partial charge in [-0.25, -0.2) is 0 Å². The van der Waals surface area contributed by atoms with Gasteiger partial charge in [0.2, 0.25) is 0 Å². The lowest BCUT2D eigenvalue weighted by atomic mass is 9.59. The molecule has 1 unspecified atom stereocenters. The SMILES string of the molecule is BC(O)(C(C)C)C12CCCN1CCC2. The van der Waals surface area contributed by atoms with Crippen molar-refractivity contribution >= 4 is 7.85 Å². The summed E-state index contributed by atoms with van der Waals surface area (Å²) in [6, 6.07) is 0. The van der Waals surface area contributed by atoms with Gasteiger partial charge in [0.25, 0.3) is 0 Å². The van der Waals surface area contributed by atoms with E-state index in [-0.39, 0.29) is 5.54 Å². The Morgan fingerprint density at radius 3 is 2.21 bits per heavy atom. The molecule has 0 bridgehead atoms. The molecule has 2 aliphatic rings. The molecule has 2 fully saturated rings. The quantitative estimate of drug-likeness (QED) is 0.652. The monoisotopic (exact) mass is 195 g/mol. The second-order valence-corrected chi connectivity index (χ2v) is 5.53. The lowest BCUT2D eigenvalue weighted by Crippen LogP contribution is -2.61. The van der Waals surface area contributed by atoms with Gasteiger partial charge in [0, 0.05) is 5.54 Å². The van der Waals surface area contributed by atoms with Crippen molar-refractivity contribution < 1.29 is 5.11 Å². The fourth-order valence-corrected chi connectivity index (χ4v) is 3.47. The summed E-state index contributed by atoms with van der Waals surface area (Å²) in [6.45, 7) is 6.68. The molecule has 0 aliphatic carbocycles. The molecule has 0 amide bonds. The molecular formula is C11H22BNO. The fraction of sp³-hybridized carbons (Fsp3) is 1.00. The van der Waals surface area contributed by atoms with Crippen molar-refractivity contribution in [1.82, 2.24) is 4.90 Å². The van der Waals surface area contributed by atoms with Crippen LogP contribution in [0.25, 0.3) is 0 Å². The summed E-state index contributed by atoms with van der Waals surface area (Å²) in [4.78, 5) is 2.53. The van der Waals surface area contributed by atoms with E-state index >= 15 is 0 Å². The van der Waals surface area contributed by atoms with Gasteiger partial charge in [-0.15, -0.1) is 0 Å². The molecule has 0 aromatic rings. The van der Waals surface area contributed by atoms with Crippen LogP contribution in [0.2, 0.25) is 0 Å². The van der Waals surface area contributed by atoms with Crippen LogP contribution in [0.15, 0.2) is 0 Å². The first-order valence-corrected chi connectivity index (χ1v) is 5.98. The molecule has 0 spiro atoms. The van der Waals surface area contributed by atoms with Crippen LogP contribution in [-0.4, -0.2) is 42.0 Å². The highest BCUT2D eigenvalue weighted by Crippen LogP contribution is 2.47. The molecule has 2 saturated heterocycles. The molecule has 0 aromatic carbocycles. The van der Waals surface area contributed by atoms with E-state index in [9.17, 15) is 5.11 Å². The maximum atomic E-state index is 10.7. The molecule has 14 heavy (non-hydrogen) atoms. The molecule has 2 nitrogen and oxygen atoms in total. The molecule has 2 heterocycles. The molecule has 1 N–H and O–H groups in total. The minimum atomic E-state index is -0.514. The van der Waals surface area contributed by atoms with E-state index in [0.717, 1.165) is 0 Å². The molecule has 80 valence electrons. The Hall–Kier alpha value is -0.0151. The Morgan fingerprint density at radius 2 is 1.79 bits per heavy atom. The molecule has 3 heteroatoms. The van der Waals surface area contributed by atoms with Crippen molar-refractivity contribution in [3.8, 4) is 0 Å². The number of hydrogen-bond acceptors (Lipinski definition) is 2. The van der Waals surface area contributed by atoms with Crippen LogP contribution in [0.4, 0.5) is 0 Å². The zero-order valence-corrected chi connectivity index (χ0v) is 9.71. The second-order valence-electron chi connectivity index (χ2n) is 5.53. The average Bonchev–Trinajstić information content (AvgIpc) is 2.59. The van der Waals surface area contributed by atoms with Crippen molar-refractivity contribution in [2.24, 2.45) is 5.92 Å². The number of nitrogens with zero attached hydrogens (tertiary/aromatic N) is 1. The highest BCUT2D eigenvalue weighted by Gasteiger charge is 2.56. The number of aliphatic hydroxyl groups is 1. The van der Waals surface area contributed by atoms with Crippen LogP contribution in [0.3, 0.4) is 0 Å². The number of hydrogen-bond donors (Lipinski definition) is 1. The molecule has 2 aliphatic heterocycles. The summed E-state index contributed by atoms with van der Waals surface area (Å²) in [5, 5.41) is 10.7. The Labute approximate surface area is 88.1 Å². The molecule has 1 atom stereocenters. The zero-order chi connectivity index (χ0) is 10.4. The van der Waals surface area contributed by atoms with E-state index < -0.39 is 5.50 Å². The maximum absolute atomic E-state index is 10.7. The van der Waals surface area contributed by atoms with Gasteiger partial charge in [0.15, 0.2) is 0 Å². The predicted molar refractivity (Wildman–Crippen MR) is 61.1 cm³/mol. The minimum Gasteiger partial charge on any atom is -0.397 e. The van der Waals surface area contributed by atoms with Crippen molar-refractivity contribution in [3.05, 3.63) is 0 Å². The molecule has 0 radical (unpaired) electrons. The van der Waals surface area contributed by atoms with Crippen LogP contribution in [0, 0.1) is 5.92 Å². The molecule has 0 saturated carbocycles. The Balaban J connectivity index is 2.30. The lowest BCUT2D eigenvalue weighted by Gasteiger charge is -2.47. The Bertz CT molecular complexity index is 217. The van der Waals surface area contributed by atoms with E-state index in [1.807, 2.05) is 7.85 Å². The van der Waals surface area contributed by atoms with Crippen molar-refractivity contribution in [2.45, 2.75) is 50.6 Å². The maximum Gasteiger partial charge on any atom is 0.145 e. The third-order valence-electron chi connectivity index (χ3n) is 4.71. The predicted octanol–water partition coefficient (Wildman–Crippen LogP) is 0.592. The minimum absolute atomic E-state index is 0.112. The summed E-state index contributed by atoms with van der Waals surface area (Å²) in [7, 11) is 2.04. The fourth-order valence-electron chi connectivity index (χ4n) is 3.47. The molecule has 2 rings (SSSR count). The number of rotatable bonds is 2. The largest absolute Gasteiger partial charge is 0.397 e. The summed E-state index contributed by atoms with van der Waals surface area (Å²) in [6.07, 6.45) is 4.92. The number of fused-ring (bicyclic) bond motifs is 1. The van der Waals surface area contributed by atoms with E-state index in [2.05, 4.69) is 18.7 Å². The van der Waals surface area contributed by atoms with Crippen molar-refractivity contribution in [1.29, 1.82) is 0 Å². The van der Waals surface area contributed by atoms with E-state index in [1.54, 1.807) is 0 Å². The van der Waals surface area contributed by atoms with Crippen LogP contribution >= 0.6 is 0 Å². The smallest absolute Gasteiger partial charge is 0.145 e. The lowest BCUT2D eigenvalue weighted by molar-refractivity contribution is -0.0496. The van der Waals surface area contributed by atoms with Crippen molar-refractivity contribution in [2.75, 3.05) is 13.1 Å². The molecule has 0 aromatic heterocycles. The Kier molecular flexibility index (Phi) is 2.43. The first-order valence-electron chi connectivity index (χ1n) is 5.98. The first kappa shape index (κ1) is 10.5. The van der Waals surface area contributed by atoms with Gasteiger partial charge in [-0.3, -0.25) is 4.90 Å². The van der Waals surface area contributed by atoms with E-state index in [1.165, 1.54) is 38.8 Å². The van der Waals surface area contributed by atoms with Gasteiger partial charge in [-0.05, 0) is 44.7 Å². The van der Waals surface area contributed by atoms with Gasteiger partial charge in [-0.1, -0.05) is 13.8 Å². The van der Waals surface area contributed by atoms with Gasteiger partial charge >= 0.3 is 0 Å².